The van der Waals surface area contributed by atoms with Gasteiger partial charge in [-0.25, -0.2) is 4.79 Å². The van der Waals surface area contributed by atoms with Crippen molar-refractivity contribution < 1.29 is 19.4 Å². The van der Waals surface area contributed by atoms with Gasteiger partial charge in [0.15, 0.2) is 0 Å². The zero-order valence-corrected chi connectivity index (χ0v) is 9.27. The summed E-state index contributed by atoms with van der Waals surface area (Å²) in [6, 6.07) is 9.13. The summed E-state index contributed by atoms with van der Waals surface area (Å²) >= 11 is 0. The monoisotopic (exact) mass is 225 g/mol. The molecule has 1 rings (SSSR count). The van der Waals surface area contributed by atoms with Crippen molar-refractivity contribution in [2.75, 3.05) is 12.4 Å². The molecule has 0 aliphatic heterocycles. The van der Waals surface area contributed by atoms with E-state index in [1.165, 1.54) is 7.11 Å². The van der Waals surface area contributed by atoms with Crippen molar-refractivity contribution in [2.24, 2.45) is 0 Å². The Balaban J connectivity index is 0.000000385. The van der Waals surface area contributed by atoms with Crippen LogP contribution in [-0.2, 0) is 9.53 Å². The van der Waals surface area contributed by atoms with Crippen LogP contribution in [-0.4, -0.2) is 24.3 Å². The van der Waals surface area contributed by atoms with Gasteiger partial charge in [0, 0.05) is 12.1 Å². The molecule has 0 spiro atoms. The van der Waals surface area contributed by atoms with Gasteiger partial charge in [0.25, 0.3) is 0 Å². The van der Waals surface area contributed by atoms with E-state index >= 15 is 0 Å². The maximum Gasteiger partial charge on any atom is 0.411 e. The average Bonchev–Trinajstić information content (AvgIpc) is 2.31. The van der Waals surface area contributed by atoms with Gasteiger partial charge in [0.1, 0.15) is 0 Å². The maximum absolute atomic E-state index is 10.6. The van der Waals surface area contributed by atoms with Gasteiger partial charge in [-0.05, 0) is 12.1 Å². The Morgan fingerprint density at radius 3 is 2.19 bits per heavy atom. The van der Waals surface area contributed by atoms with E-state index in [0.29, 0.717) is 0 Å². The standard InChI is InChI=1S/C8H9NO2.C3H6O2/c1-11-8(10)9-7-5-3-2-4-6-7;1-2-3(4)5/h2-6H,1H3,(H,9,10);2H2,1H3,(H,4,5). The Hall–Kier alpha value is -2.04. The van der Waals surface area contributed by atoms with Gasteiger partial charge in [-0.3, -0.25) is 10.1 Å². The van der Waals surface area contributed by atoms with Gasteiger partial charge in [0.05, 0.1) is 7.11 Å². The van der Waals surface area contributed by atoms with Crippen LogP contribution in [0.2, 0.25) is 0 Å². The number of hydrogen-bond donors (Lipinski definition) is 2. The first-order valence-electron chi connectivity index (χ1n) is 4.72. The fraction of sp³-hybridized carbons (Fsp3) is 0.273. The minimum Gasteiger partial charge on any atom is -0.481 e. The zero-order chi connectivity index (χ0) is 12.4. The van der Waals surface area contributed by atoms with Crippen LogP contribution in [0, 0.1) is 0 Å². The Bertz CT molecular complexity index is 324. The molecule has 0 unspecified atom stereocenters. The second-order valence-electron chi connectivity index (χ2n) is 2.73. The number of rotatable bonds is 2. The zero-order valence-electron chi connectivity index (χ0n) is 9.27. The van der Waals surface area contributed by atoms with Crippen LogP contribution in [0.5, 0.6) is 0 Å². The lowest BCUT2D eigenvalue weighted by molar-refractivity contribution is -0.136. The minimum atomic E-state index is -0.745. The summed E-state index contributed by atoms with van der Waals surface area (Å²) in [5, 5.41) is 10.3. The van der Waals surface area contributed by atoms with Gasteiger partial charge in [0.2, 0.25) is 0 Å². The van der Waals surface area contributed by atoms with Crippen LogP contribution in [0.1, 0.15) is 13.3 Å². The highest BCUT2D eigenvalue weighted by molar-refractivity contribution is 5.84. The lowest BCUT2D eigenvalue weighted by Gasteiger charge is -2.01. The summed E-state index contributed by atoms with van der Waals surface area (Å²) in [6.07, 6.45) is -0.226. The normalized spacial score (nSPS) is 8.38. The smallest absolute Gasteiger partial charge is 0.411 e. The van der Waals surface area contributed by atoms with Crippen molar-refractivity contribution in [2.45, 2.75) is 13.3 Å². The third-order valence-corrected chi connectivity index (χ3v) is 1.51. The third kappa shape index (κ3) is 7.37. The molecular formula is C11H15NO4. The van der Waals surface area contributed by atoms with Gasteiger partial charge in [-0.2, -0.15) is 0 Å². The molecule has 0 bridgehead atoms. The Labute approximate surface area is 94.0 Å². The number of nitrogens with one attached hydrogen (secondary N) is 1. The second-order valence-corrected chi connectivity index (χ2v) is 2.73. The topological polar surface area (TPSA) is 75.6 Å². The molecule has 1 aromatic rings. The molecule has 5 nitrogen and oxygen atoms in total. The molecule has 88 valence electrons. The fourth-order valence-electron chi connectivity index (χ4n) is 0.690. The van der Waals surface area contributed by atoms with E-state index in [1.54, 1.807) is 19.1 Å². The van der Waals surface area contributed by atoms with E-state index in [2.05, 4.69) is 10.1 Å². The molecule has 0 fully saturated rings. The van der Waals surface area contributed by atoms with Gasteiger partial charge in [-0.1, -0.05) is 25.1 Å². The van der Waals surface area contributed by atoms with Crippen LogP contribution in [0.25, 0.3) is 0 Å². The molecule has 16 heavy (non-hydrogen) atoms. The summed E-state index contributed by atoms with van der Waals surface area (Å²) in [4.78, 5) is 20.0. The Kier molecular flexibility index (Phi) is 7.23. The van der Waals surface area contributed by atoms with E-state index in [4.69, 9.17) is 5.11 Å². The lowest BCUT2D eigenvalue weighted by Crippen LogP contribution is -2.10. The summed E-state index contributed by atoms with van der Waals surface area (Å²) in [7, 11) is 1.33. The Morgan fingerprint density at radius 1 is 1.31 bits per heavy atom. The number of carboxylic acid groups (broad SMARTS) is 1. The molecule has 0 aliphatic rings. The summed E-state index contributed by atoms with van der Waals surface area (Å²) < 4.78 is 4.40. The molecule has 1 aromatic carbocycles. The van der Waals surface area contributed by atoms with Crippen LogP contribution in [0.15, 0.2) is 30.3 Å². The van der Waals surface area contributed by atoms with Gasteiger partial charge < -0.3 is 9.84 Å². The van der Waals surface area contributed by atoms with Crippen molar-refractivity contribution in [1.82, 2.24) is 0 Å². The fourth-order valence-corrected chi connectivity index (χ4v) is 0.690. The van der Waals surface area contributed by atoms with E-state index in [1.807, 2.05) is 18.2 Å². The van der Waals surface area contributed by atoms with Crippen molar-refractivity contribution in [3.05, 3.63) is 30.3 Å². The number of benzene rings is 1. The number of para-hydroxylation sites is 1. The molecular weight excluding hydrogens is 210 g/mol. The largest absolute Gasteiger partial charge is 0.481 e. The molecule has 5 heteroatoms. The number of amides is 1. The molecule has 1 amide bonds. The van der Waals surface area contributed by atoms with Gasteiger partial charge in [-0.15, -0.1) is 0 Å². The van der Waals surface area contributed by atoms with E-state index in [-0.39, 0.29) is 6.42 Å². The van der Waals surface area contributed by atoms with Crippen molar-refractivity contribution in [3.8, 4) is 0 Å². The number of hydrogen-bond acceptors (Lipinski definition) is 3. The predicted molar refractivity (Wildman–Crippen MR) is 60.4 cm³/mol. The number of carbonyl (C=O) groups is 2. The number of methoxy groups -OCH3 is 1. The summed E-state index contributed by atoms with van der Waals surface area (Å²) in [6.45, 7) is 1.60. The van der Waals surface area contributed by atoms with E-state index < -0.39 is 12.1 Å². The molecule has 0 aliphatic carbocycles. The van der Waals surface area contributed by atoms with E-state index in [9.17, 15) is 9.59 Å². The molecule has 0 heterocycles. The van der Waals surface area contributed by atoms with Crippen LogP contribution >= 0.6 is 0 Å². The molecule has 0 saturated heterocycles. The van der Waals surface area contributed by atoms with Crippen molar-refractivity contribution in [1.29, 1.82) is 0 Å². The Morgan fingerprint density at radius 2 is 1.81 bits per heavy atom. The maximum atomic E-state index is 10.6. The highest BCUT2D eigenvalue weighted by atomic mass is 16.5. The first kappa shape index (κ1) is 14.0. The minimum absolute atomic E-state index is 0.222. The lowest BCUT2D eigenvalue weighted by atomic mass is 10.3. The number of aliphatic carboxylic acids is 1. The first-order valence-corrected chi connectivity index (χ1v) is 4.72. The number of ether oxygens (including phenoxy) is 1. The first-order chi connectivity index (χ1) is 7.60. The van der Waals surface area contributed by atoms with E-state index in [0.717, 1.165) is 5.69 Å². The van der Waals surface area contributed by atoms with Crippen LogP contribution < -0.4 is 5.32 Å². The molecule has 0 atom stereocenters. The molecule has 0 radical (unpaired) electrons. The number of carbonyl (C=O) groups excluding carboxylic acids is 1. The average molecular weight is 225 g/mol. The summed E-state index contributed by atoms with van der Waals surface area (Å²) in [5.74, 6) is -0.745. The third-order valence-electron chi connectivity index (χ3n) is 1.51. The summed E-state index contributed by atoms with van der Waals surface area (Å²) in [5.41, 5.74) is 0.736. The quantitative estimate of drug-likeness (QED) is 0.810. The number of anilines is 1. The second kappa shape index (κ2) is 8.28. The molecule has 2 N–H and O–H groups in total. The van der Waals surface area contributed by atoms with Crippen LogP contribution in [0.3, 0.4) is 0 Å². The predicted octanol–water partition coefficient (Wildman–Crippen LogP) is 2.35. The van der Waals surface area contributed by atoms with Gasteiger partial charge >= 0.3 is 12.1 Å². The molecule has 0 saturated carbocycles. The number of carboxylic acids is 1. The highest BCUT2D eigenvalue weighted by Gasteiger charge is 1.96. The molecule has 0 aromatic heterocycles. The SMILES string of the molecule is CCC(=O)O.COC(=O)Nc1ccccc1. The van der Waals surface area contributed by atoms with Crippen molar-refractivity contribution >= 4 is 17.7 Å². The van der Waals surface area contributed by atoms with Crippen LogP contribution in [0.4, 0.5) is 10.5 Å². The highest BCUT2D eigenvalue weighted by Crippen LogP contribution is 2.04. The van der Waals surface area contributed by atoms with Crippen molar-refractivity contribution in [3.63, 3.8) is 0 Å².